The van der Waals surface area contributed by atoms with Gasteiger partial charge in [0.05, 0.1) is 17.4 Å². The van der Waals surface area contributed by atoms with Crippen LogP contribution in [-0.2, 0) is 4.79 Å². The molecule has 2 atom stereocenters. The standard InChI is InChI=1S/C11H13NO6/c1-6-7(3-2-4-8(6)12(17)18)11(16)9(13)5-10(14)15/h2-4,9,11,13,16H,5H2,1H3,(H,14,15). The zero-order valence-electron chi connectivity index (χ0n) is 9.61. The fourth-order valence-electron chi connectivity index (χ4n) is 1.66. The van der Waals surface area contributed by atoms with Gasteiger partial charge < -0.3 is 15.3 Å². The van der Waals surface area contributed by atoms with Crippen LogP contribution >= 0.6 is 0 Å². The van der Waals surface area contributed by atoms with Crippen molar-refractivity contribution in [2.24, 2.45) is 0 Å². The van der Waals surface area contributed by atoms with E-state index < -0.39 is 29.5 Å². The van der Waals surface area contributed by atoms with Crippen molar-refractivity contribution in [3.05, 3.63) is 39.4 Å². The highest BCUT2D eigenvalue weighted by Crippen LogP contribution is 2.28. The molecular weight excluding hydrogens is 242 g/mol. The number of hydrogen-bond acceptors (Lipinski definition) is 5. The van der Waals surface area contributed by atoms with E-state index in [9.17, 15) is 25.1 Å². The highest BCUT2D eigenvalue weighted by atomic mass is 16.6. The monoisotopic (exact) mass is 255 g/mol. The fraction of sp³-hybridized carbons (Fsp3) is 0.364. The third-order valence-corrected chi connectivity index (χ3v) is 2.61. The van der Waals surface area contributed by atoms with Gasteiger partial charge in [0.15, 0.2) is 0 Å². The number of nitro benzene ring substituents is 1. The molecule has 1 aromatic carbocycles. The Morgan fingerprint density at radius 1 is 1.44 bits per heavy atom. The van der Waals surface area contributed by atoms with Crippen molar-refractivity contribution < 1.29 is 25.0 Å². The summed E-state index contributed by atoms with van der Waals surface area (Å²) >= 11 is 0. The van der Waals surface area contributed by atoms with Crippen LogP contribution in [0.5, 0.6) is 0 Å². The number of aliphatic carboxylic acids is 1. The molecule has 0 aromatic heterocycles. The molecule has 0 heterocycles. The lowest BCUT2D eigenvalue weighted by molar-refractivity contribution is -0.385. The van der Waals surface area contributed by atoms with Crippen molar-refractivity contribution in [2.45, 2.75) is 25.6 Å². The summed E-state index contributed by atoms with van der Waals surface area (Å²) in [4.78, 5) is 20.5. The quantitative estimate of drug-likeness (QED) is 0.528. The largest absolute Gasteiger partial charge is 0.481 e. The highest BCUT2D eigenvalue weighted by molar-refractivity contribution is 5.67. The van der Waals surface area contributed by atoms with E-state index in [1.165, 1.54) is 25.1 Å². The molecule has 0 amide bonds. The molecule has 1 rings (SSSR count). The minimum absolute atomic E-state index is 0.151. The molecule has 0 aliphatic rings. The lowest BCUT2D eigenvalue weighted by Crippen LogP contribution is -2.22. The summed E-state index contributed by atoms with van der Waals surface area (Å²) in [6.07, 6.45) is -3.62. The first-order chi connectivity index (χ1) is 8.34. The maximum Gasteiger partial charge on any atom is 0.306 e. The molecule has 2 unspecified atom stereocenters. The predicted octanol–water partition coefficient (Wildman–Crippen LogP) is 0.772. The van der Waals surface area contributed by atoms with Crippen molar-refractivity contribution in [1.29, 1.82) is 0 Å². The van der Waals surface area contributed by atoms with Gasteiger partial charge in [-0.1, -0.05) is 12.1 Å². The summed E-state index contributed by atoms with van der Waals surface area (Å²) in [7, 11) is 0. The van der Waals surface area contributed by atoms with Crippen LogP contribution in [0.1, 0.15) is 23.7 Å². The van der Waals surface area contributed by atoms with Gasteiger partial charge in [0.2, 0.25) is 0 Å². The Balaban J connectivity index is 3.06. The molecule has 0 spiro atoms. The molecule has 7 heteroatoms. The van der Waals surface area contributed by atoms with Crippen LogP contribution in [0.4, 0.5) is 5.69 Å². The number of aliphatic hydroxyl groups is 2. The zero-order chi connectivity index (χ0) is 13.9. The second-order valence-corrected chi connectivity index (χ2v) is 3.86. The van der Waals surface area contributed by atoms with E-state index in [4.69, 9.17) is 5.11 Å². The summed E-state index contributed by atoms with van der Waals surface area (Å²) in [6, 6.07) is 4.06. The molecule has 1 aromatic rings. The smallest absolute Gasteiger partial charge is 0.306 e. The Hall–Kier alpha value is -1.99. The van der Waals surface area contributed by atoms with Gasteiger partial charge in [-0.15, -0.1) is 0 Å². The molecule has 0 aliphatic carbocycles. The number of carboxylic acid groups (broad SMARTS) is 1. The Morgan fingerprint density at radius 3 is 2.56 bits per heavy atom. The third-order valence-electron chi connectivity index (χ3n) is 2.61. The van der Waals surface area contributed by atoms with Crippen molar-refractivity contribution in [3.63, 3.8) is 0 Å². The molecule has 0 saturated heterocycles. The zero-order valence-corrected chi connectivity index (χ0v) is 9.61. The third kappa shape index (κ3) is 3.02. The van der Waals surface area contributed by atoms with Crippen molar-refractivity contribution >= 4 is 11.7 Å². The number of carboxylic acids is 1. The maximum atomic E-state index is 10.7. The van der Waals surface area contributed by atoms with Crippen LogP contribution in [0.15, 0.2) is 18.2 Å². The lowest BCUT2D eigenvalue weighted by atomic mass is 9.97. The van der Waals surface area contributed by atoms with Gasteiger partial charge in [-0.05, 0) is 12.5 Å². The van der Waals surface area contributed by atoms with Gasteiger partial charge in [0.1, 0.15) is 6.10 Å². The summed E-state index contributed by atoms with van der Waals surface area (Å²) < 4.78 is 0. The number of carbonyl (C=O) groups is 1. The Bertz CT molecular complexity index is 473. The SMILES string of the molecule is Cc1c(C(O)C(O)CC(=O)O)cccc1[N+](=O)[O-]. The first-order valence-corrected chi connectivity index (χ1v) is 5.16. The van der Waals surface area contributed by atoms with E-state index in [1.54, 1.807) is 0 Å². The molecule has 3 N–H and O–H groups in total. The Morgan fingerprint density at radius 2 is 2.06 bits per heavy atom. The van der Waals surface area contributed by atoms with Gasteiger partial charge in [-0.2, -0.15) is 0 Å². The van der Waals surface area contributed by atoms with Gasteiger partial charge >= 0.3 is 5.97 Å². The summed E-state index contributed by atoms with van der Waals surface area (Å²) in [5.74, 6) is -1.26. The molecule has 98 valence electrons. The van der Waals surface area contributed by atoms with Crippen LogP contribution in [-0.4, -0.2) is 32.3 Å². The minimum atomic E-state index is -1.51. The van der Waals surface area contributed by atoms with E-state index in [0.717, 1.165) is 0 Å². The van der Waals surface area contributed by atoms with Crippen LogP contribution < -0.4 is 0 Å². The van der Waals surface area contributed by atoms with Crippen LogP contribution in [0.2, 0.25) is 0 Å². The average molecular weight is 255 g/mol. The van der Waals surface area contributed by atoms with Gasteiger partial charge in [0.25, 0.3) is 5.69 Å². The van der Waals surface area contributed by atoms with Gasteiger partial charge in [-0.3, -0.25) is 14.9 Å². The molecule has 0 fully saturated rings. The number of benzene rings is 1. The molecule has 0 aliphatic heterocycles. The van der Waals surface area contributed by atoms with Gasteiger partial charge in [0, 0.05) is 11.6 Å². The van der Waals surface area contributed by atoms with Crippen LogP contribution in [0.25, 0.3) is 0 Å². The van der Waals surface area contributed by atoms with Crippen molar-refractivity contribution in [3.8, 4) is 0 Å². The van der Waals surface area contributed by atoms with E-state index >= 15 is 0 Å². The first kappa shape index (κ1) is 14.1. The van der Waals surface area contributed by atoms with Crippen LogP contribution in [0.3, 0.4) is 0 Å². The fourth-order valence-corrected chi connectivity index (χ4v) is 1.66. The van der Waals surface area contributed by atoms with Crippen molar-refractivity contribution in [2.75, 3.05) is 0 Å². The van der Waals surface area contributed by atoms with E-state index in [1.807, 2.05) is 0 Å². The Labute approximate surface area is 102 Å². The second-order valence-electron chi connectivity index (χ2n) is 3.86. The topological polar surface area (TPSA) is 121 Å². The molecular formula is C11H13NO6. The first-order valence-electron chi connectivity index (χ1n) is 5.16. The molecule has 18 heavy (non-hydrogen) atoms. The molecule has 7 nitrogen and oxygen atoms in total. The number of hydrogen-bond donors (Lipinski definition) is 3. The maximum absolute atomic E-state index is 10.7. The van der Waals surface area contributed by atoms with Gasteiger partial charge in [-0.25, -0.2) is 0 Å². The van der Waals surface area contributed by atoms with Crippen LogP contribution in [0, 0.1) is 17.0 Å². The molecule has 0 bridgehead atoms. The number of nitro groups is 1. The predicted molar refractivity (Wildman–Crippen MR) is 61.1 cm³/mol. The number of aliphatic hydroxyl groups excluding tert-OH is 2. The highest BCUT2D eigenvalue weighted by Gasteiger charge is 2.25. The average Bonchev–Trinajstić information content (AvgIpc) is 2.27. The summed E-state index contributed by atoms with van der Waals surface area (Å²) in [5.41, 5.74) is 0.173. The van der Waals surface area contributed by atoms with E-state index in [2.05, 4.69) is 0 Å². The Kier molecular flexibility index (Phi) is 4.35. The normalized spacial score (nSPS) is 13.9. The van der Waals surface area contributed by atoms with Crippen molar-refractivity contribution in [1.82, 2.24) is 0 Å². The lowest BCUT2D eigenvalue weighted by Gasteiger charge is -2.18. The molecule has 0 radical (unpaired) electrons. The summed E-state index contributed by atoms with van der Waals surface area (Å²) in [6.45, 7) is 1.43. The second kappa shape index (κ2) is 5.56. The number of rotatable bonds is 5. The minimum Gasteiger partial charge on any atom is -0.481 e. The molecule has 0 saturated carbocycles. The summed E-state index contributed by atoms with van der Waals surface area (Å²) in [5, 5.41) is 38.5. The number of nitrogens with zero attached hydrogens (tertiary/aromatic N) is 1. The van der Waals surface area contributed by atoms with E-state index in [0.29, 0.717) is 0 Å². The van der Waals surface area contributed by atoms with E-state index in [-0.39, 0.29) is 16.8 Å².